The van der Waals surface area contributed by atoms with Crippen molar-refractivity contribution in [1.29, 1.82) is 0 Å². The first-order chi connectivity index (χ1) is 13.5. The van der Waals surface area contributed by atoms with Gasteiger partial charge in [-0.1, -0.05) is 0 Å². The number of carbonyl (C=O) groups excluding carboxylic acids is 1. The molecule has 4 atom stereocenters. The Kier molecular flexibility index (Phi) is 5.80. The number of amides is 1. The highest BCUT2D eigenvalue weighted by Crippen LogP contribution is 2.40. The van der Waals surface area contributed by atoms with Crippen LogP contribution in [-0.4, -0.2) is 78.2 Å². The Balaban J connectivity index is 1.36. The van der Waals surface area contributed by atoms with Crippen molar-refractivity contribution < 1.29 is 9.53 Å². The summed E-state index contributed by atoms with van der Waals surface area (Å²) >= 11 is 1.67. The summed E-state index contributed by atoms with van der Waals surface area (Å²) in [6, 6.07) is 2.38. The first kappa shape index (κ1) is 19.5. The average molecular weight is 404 g/mol. The maximum absolute atomic E-state index is 12.8. The van der Waals surface area contributed by atoms with Gasteiger partial charge in [0.25, 0.3) is 5.91 Å². The molecular formula is C20H29N5O2S. The number of thiophene rings is 1. The van der Waals surface area contributed by atoms with Gasteiger partial charge in [0, 0.05) is 31.6 Å². The minimum absolute atomic E-state index is 0.120. The molecule has 0 radical (unpaired) electrons. The minimum Gasteiger partial charge on any atom is -0.367 e. The number of nitrogens with one attached hydrogen (secondary N) is 1. The van der Waals surface area contributed by atoms with Gasteiger partial charge in [0.05, 0.1) is 16.8 Å². The van der Waals surface area contributed by atoms with Crippen molar-refractivity contribution >= 4 is 33.3 Å². The second-order valence-corrected chi connectivity index (χ2v) is 9.08. The zero-order valence-electron chi connectivity index (χ0n) is 16.8. The van der Waals surface area contributed by atoms with Gasteiger partial charge in [0.1, 0.15) is 18.2 Å². The number of ether oxygens (including phenoxy) is 1. The number of fused-ring (bicyclic) bond motifs is 2. The standard InChI is InChI=1S/C20H29N5O2S/c1-13(27-8-7-24(2)3)20(26)25-10-14-4-5-16(15(14)11-25)23-19-18-17(6-9-28-18)21-12-22-19/h6,9,12-16H,4-5,7-8,10-11H2,1-3H3,(H,21,22,23)/t13-,14?,15?,16?/m1/s1. The van der Waals surface area contributed by atoms with Crippen molar-refractivity contribution in [3.05, 3.63) is 17.8 Å². The van der Waals surface area contributed by atoms with Crippen LogP contribution < -0.4 is 5.32 Å². The first-order valence-corrected chi connectivity index (χ1v) is 10.9. The lowest BCUT2D eigenvalue weighted by atomic mass is 9.98. The van der Waals surface area contributed by atoms with Gasteiger partial charge in [0.2, 0.25) is 0 Å². The molecule has 4 rings (SSSR count). The monoisotopic (exact) mass is 403 g/mol. The highest BCUT2D eigenvalue weighted by molar-refractivity contribution is 7.17. The summed E-state index contributed by atoms with van der Waals surface area (Å²) in [4.78, 5) is 25.7. The molecule has 28 heavy (non-hydrogen) atoms. The van der Waals surface area contributed by atoms with Crippen LogP contribution in [0, 0.1) is 11.8 Å². The molecule has 3 unspecified atom stereocenters. The Hall–Kier alpha value is -1.77. The number of aromatic nitrogens is 2. The summed E-state index contributed by atoms with van der Waals surface area (Å²) in [6.07, 6.45) is 3.53. The Morgan fingerprint density at radius 1 is 1.39 bits per heavy atom. The van der Waals surface area contributed by atoms with Crippen molar-refractivity contribution in [3.8, 4) is 0 Å². The predicted octanol–water partition coefficient (Wildman–Crippen LogP) is 2.31. The second kappa shape index (κ2) is 8.31. The number of nitrogens with zero attached hydrogens (tertiary/aromatic N) is 4. The van der Waals surface area contributed by atoms with Crippen molar-refractivity contribution in [2.45, 2.75) is 31.9 Å². The van der Waals surface area contributed by atoms with E-state index in [4.69, 9.17) is 4.74 Å². The van der Waals surface area contributed by atoms with Crippen LogP contribution in [0.1, 0.15) is 19.8 Å². The van der Waals surface area contributed by atoms with Gasteiger partial charge in [0.15, 0.2) is 0 Å². The molecule has 1 aliphatic carbocycles. The topological polar surface area (TPSA) is 70.6 Å². The van der Waals surface area contributed by atoms with Gasteiger partial charge in [-0.15, -0.1) is 11.3 Å². The average Bonchev–Trinajstić information content (AvgIpc) is 3.37. The SMILES string of the molecule is C[C@@H](OCCN(C)C)C(=O)N1CC2CCC(Nc3ncnc4ccsc34)C2C1. The van der Waals surface area contributed by atoms with Crippen LogP contribution in [0.3, 0.4) is 0 Å². The molecule has 2 aliphatic rings. The fourth-order valence-electron chi connectivity index (χ4n) is 4.43. The van der Waals surface area contributed by atoms with Crippen molar-refractivity contribution in [3.63, 3.8) is 0 Å². The molecule has 0 aromatic carbocycles. The fourth-order valence-corrected chi connectivity index (χ4v) is 5.23. The fraction of sp³-hybridized carbons (Fsp3) is 0.650. The summed E-state index contributed by atoms with van der Waals surface area (Å²) < 4.78 is 6.86. The van der Waals surface area contributed by atoms with Crippen LogP contribution >= 0.6 is 11.3 Å². The number of hydrogen-bond acceptors (Lipinski definition) is 7. The van der Waals surface area contributed by atoms with Gasteiger partial charge in [-0.25, -0.2) is 9.97 Å². The van der Waals surface area contributed by atoms with E-state index < -0.39 is 0 Å². The molecule has 1 saturated heterocycles. The van der Waals surface area contributed by atoms with Crippen LogP contribution in [0.5, 0.6) is 0 Å². The number of rotatable bonds is 7. The first-order valence-electron chi connectivity index (χ1n) is 10.0. The summed E-state index contributed by atoms with van der Waals surface area (Å²) in [5.74, 6) is 2.09. The lowest BCUT2D eigenvalue weighted by Crippen LogP contribution is -2.40. The lowest BCUT2D eigenvalue weighted by molar-refractivity contribution is -0.142. The van der Waals surface area contributed by atoms with Gasteiger partial charge >= 0.3 is 0 Å². The lowest BCUT2D eigenvalue weighted by Gasteiger charge is -2.24. The molecule has 1 aliphatic heterocycles. The molecule has 1 saturated carbocycles. The molecule has 0 spiro atoms. The highest BCUT2D eigenvalue weighted by atomic mass is 32.1. The smallest absolute Gasteiger partial charge is 0.251 e. The van der Waals surface area contributed by atoms with E-state index in [0.717, 1.165) is 48.5 Å². The van der Waals surface area contributed by atoms with Crippen LogP contribution in [0.4, 0.5) is 5.82 Å². The quantitative estimate of drug-likeness (QED) is 0.765. The summed E-state index contributed by atoms with van der Waals surface area (Å²) in [6.45, 7) is 4.93. The van der Waals surface area contributed by atoms with Crippen LogP contribution in [0.15, 0.2) is 17.8 Å². The molecule has 1 amide bonds. The zero-order valence-corrected chi connectivity index (χ0v) is 17.6. The largest absolute Gasteiger partial charge is 0.367 e. The van der Waals surface area contributed by atoms with E-state index in [1.165, 1.54) is 0 Å². The molecule has 1 N–H and O–H groups in total. The Morgan fingerprint density at radius 2 is 2.25 bits per heavy atom. The number of likely N-dealkylation sites (tertiary alicyclic amines) is 1. The van der Waals surface area contributed by atoms with Crippen LogP contribution in [0.2, 0.25) is 0 Å². The second-order valence-electron chi connectivity index (χ2n) is 8.17. The molecule has 2 aromatic heterocycles. The van der Waals surface area contributed by atoms with E-state index in [0.29, 0.717) is 24.5 Å². The van der Waals surface area contributed by atoms with Crippen molar-refractivity contribution in [2.24, 2.45) is 11.8 Å². The molecule has 2 aromatic rings. The maximum atomic E-state index is 12.8. The normalized spacial score (nSPS) is 25.4. The number of carbonyl (C=O) groups is 1. The Bertz CT molecular complexity index is 826. The van der Waals surface area contributed by atoms with Gasteiger partial charge in [-0.3, -0.25) is 4.79 Å². The van der Waals surface area contributed by atoms with E-state index in [1.807, 2.05) is 32.0 Å². The number of anilines is 1. The maximum Gasteiger partial charge on any atom is 0.251 e. The summed E-state index contributed by atoms with van der Waals surface area (Å²) in [5, 5.41) is 5.71. The molecule has 152 valence electrons. The third kappa shape index (κ3) is 3.99. The highest BCUT2D eigenvalue weighted by Gasteiger charge is 2.44. The van der Waals surface area contributed by atoms with Gasteiger partial charge in [-0.05, 0) is 51.2 Å². The summed E-state index contributed by atoms with van der Waals surface area (Å²) in [5.41, 5.74) is 0.990. The number of likely N-dealkylation sites (N-methyl/N-ethyl adjacent to an activating group) is 1. The zero-order chi connectivity index (χ0) is 19.7. The van der Waals surface area contributed by atoms with E-state index in [-0.39, 0.29) is 12.0 Å². The summed E-state index contributed by atoms with van der Waals surface area (Å²) in [7, 11) is 4.01. The molecule has 3 heterocycles. The third-order valence-corrected chi connectivity index (χ3v) is 6.90. The van der Waals surface area contributed by atoms with E-state index >= 15 is 0 Å². The third-order valence-electron chi connectivity index (χ3n) is 5.99. The molecule has 8 heteroatoms. The molecule has 0 bridgehead atoms. The Morgan fingerprint density at radius 3 is 3.07 bits per heavy atom. The molecule has 7 nitrogen and oxygen atoms in total. The van der Waals surface area contributed by atoms with Crippen LogP contribution in [-0.2, 0) is 9.53 Å². The number of hydrogen-bond donors (Lipinski definition) is 1. The van der Waals surface area contributed by atoms with E-state index in [2.05, 4.69) is 25.6 Å². The van der Waals surface area contributed by atoms with E-state index in [1.54, 1.807) is 17.7 Å². The molecule has 2 fully saturated rings. The minimum atomic E-state index is -0.377. The Labute approximate surface area is 170 Å². The van der Waals surface area contributed by atoms with Crippen LogP contribution in [0.25, 0.3) is 10.2 Å². The van der Waals surface area contributed by atoms with E-state index in [9.17, 15) is 4.79 Å². The van der Waals surface area contributed by atoms with Crippen molar-refractivity contribution in [1.82, 2.24) is 19.8 Å². The van der Waals surface area contributed by atoms with Gasteiger partial charge in [-0.2, -0.15) is 0 Å². The predicted molar refractivity (Wildman–Crippen MR) is 112 cm³/mol. The van der Waals surface area contributed by atoms with Crippen molar-refractivity contribution in [2.75, 3.05) is 45.7 Å². The van der Waals surface area contributed by atoms with Gasteiger partial charge < -0.3 is 19.9 Å². The molecular weight excluding hydrogens is 374 g/mol.